The average molecular weight is 605 g/mol. The summed E-state index contributed by atoms with van der Waals surface area (Å²) < 4.78 is 10.9. The van der Waals surface area contributed by atoms with Crippen LogP contribution in [0.15, 0.2) is 47.5 Å². The quantitative estimate of drug-likeness (QED) is 0.407. The first-order valence-corrected chi connectivity index (χ1v) is 14.1. The number of amidine groups is 1. The number of carbonyl (C=O) groups is 6. The monoisotopic (exact) mass is 604 g/mol. The van der Waals surface area contributed by atoms with Crippen LogP contribution in [0.2, 0.25) is 0 Å². The number of anilines is 2. The summed E-state index contributed by atoms with van der Waals surface area (Å²) in [6.45, 7) is 2.51. The van der Waals surface area contributed by atoms with Crippen molar-refractivity contribution in [1.29, 1.82) is 0 Å². The zero-order valence-electron chi connectivity index (χ0n) is 24.3. The van der Waals surface area contributed by atoms with E-state index in [9.17, 15) is 28.8 Å². The van der Waals surface area contributed by atoms with E-state index in [0.717, 1.165) is 19.8 Å². The van der Waals surface area contributed by atoms with Gasteiger partial charge in [-0.05, 0) is 49.2 Å². The molecule has 0 spiro atoms. The Hall–Kier alpha value is -5.11. The number of aliphatic imine (C=N–C) groups is 1. The third-order valence-corrected chi connectivity index (χ3v) is 7.55. The van der Waals surface area contributed by atoms with E-state index in [2.05, 4.69) is 10.3 Å². The number of rotatable bonds is 8. The molecule has 0 bridgehead atoms. The van der Waals surface area contributed by atoms with E-state index in [1.54, 1.807) is 30.1 Å². The zero-order chi connectivity index (χ0) is 31.5. The van der Waals surface area contributed by atoms with E-state index in [4.69, 9.17) is 15.2 Å². The molecule has 44 heavy (non-hydrogen) atoms. The standard InChI is InChI=1S/C30H32N6O8/c1-17(37)44-24(28(40)32-19-8-9-21-22(15-19)27(39)33-26(21)31)25-30(42)36(12-13-43-25)20-7-5-6-18(14-20)29(41)34(2)16-23(38)35-10-3-4-11-35/h5-9,14-15,24-25H,3-4,10-13,16H2,1-2H3,(H,32,40)(H2,31,33,39). The van der Waals surface area contributed by atoms with Crippen LogP contribution >= 0.6 is 0 Å². The fourth-order valence-corrected chi connectivity index (χ4v) is 5.34. The molecule has 0 aromatic heterocycles. The number of ether oxygens (including phenoxy) is 2. The number of nitrogens with two attached hydrogens (primary N) is 1. The van der Waals surface area contributed by atoms with E-state index in [1.165, 1.54) is 34.1 Å². The van der Waals surface area contributed by atoms with Crippen molar-refractivity contribution < 1.29 is 38.2 Å². The maximum absolute atomic E-state index is 13.7. The minimum Gasteiger partial charge on any atom is -0.449 e. The number of morpholine rings is 1. The minimum absolute atomic E-state index is 0.00777. The first-order chi connectivity index (χ1) is 21.0. The Morgan fingerprint density at radius 2 is 1.84 bits per heavy atom. The molecule has 5 rings (SSSR count). The van der Waals surface area contributed by atoms with Crippen LogP contribution in [-0.2, 0) is 28.7 Å². The van der Waals surface area contributed by atoms with Gasteiger partial charge in [0.15, 0.2) is 6.10 Å². The van der Waals surface area contributed by atoms with Gasteiger partial charge in [0.1, 0.15) is 5.84 Å². The molecule has 3 aliphatic rings. The highest BCUT2D eigenvalue weighted by molar-refractivity contribution is 6.20. The highest BCUT2D eigenvalue weighted by atomic mass is 16.6. The summed E-state index contributed by atoms with van der Waals surface area (Å²) in [5.41, 5.74) is 7.19. The van der Waals surface area contributed by atoms with Crippen molar-refractivity contribution in [2.24, 2.45) is 10.7 Å². The lowest BCUT2D eigenvalue weighted by Crippen LogP contribution is -2.56. The van der Waals surface area contributed by atoms with Crippen molar-refractivity contribution >= 4 is 52.7 Å². The van der Waals surface area contributed by atoms with E-state index >= 15 is 0 Å². The van der Waals surface area contributed by atoms with E-state index in [-0.39, 0.29) is 48.3 Å². The lowest BCUT2D eigenvalue weighted by molar-refractivity contribution is -0.167. The van der Waals surface area contributed by atoms with Crippen molar-refractivity contribution in [3.8, 4) is 0 Å². The molecule has 2 saturated heterocycles. The highest BCUT2D eigenvalue weighted by Gasteiger charge is 2.43. The van der Waals surface area contributed by atoms with Crippen molar-refractivity contribution in [2.75, 3.05) is 50.1 Å². The number of likely N-dealkylation sites (tertiary alicyclic amines) is 1. The van der Waals surface area contributed by atoms with Gasteiger partial charge in [0.25, 0.3) is 23.6 Å². The summed E-state index contributed by atoms with van der Waals surface area (Å²) in [6.07, 6.45) is -1.27. The molecule has 3 N–H and O–H groups in total. The van der Waals surface area contributed by atoms with Crippen LogP contribution in [0.5, 0.6) is 0 Å². The third-order valence-electron chi connectivity index (χ3n) is 7.55. The number of hydrogen-bond donors (Lipinski definition) is 2. The highest BCUT2D eigenvalue weighted by Crippen LogP contribution is 2.25. The lowest BCUT2D eigenvalue weighted by atomic mass is 10.1. The number of carbonyl (C=O) groups excluding carboxylic acids is 6. The van der Waals surface area contributed by atoms with Crippen molar-refractivity contribution in [1.82, 2.24) is 9.80 Å². The second-order valence-corrected chi connectivity index (χ2v) is 10.7. The summed E-state index contributed by atoms with van der Waals surface area (Å²) >= 11 is 0. The SMILES string of the molecule is CC(=O)OC(C(=O)Nc1ccc2c(c1)C(=O)N=C2N)C1OCCN(c2cccc(C(=O)N(C)CC(=O)N3CCCC3)c2)C1=O. The van der Waals surface area contributed by atoms with Crippen LogP contribution in [0, 0.1) is 0 Å². The van der Waals surface area contributed by atoms with Gasteiger partial charge in [-0.1, -0.05) is 6.07 Å². The van der Waals surface area contributed by atoms with Gasteiger partial charge >= 0.3 is 5.97 Å². The molecule has 0 aliphatic carbocycles. The number of fused-ring (bicyclic) bond motifs is 1. The molecule has 2 fully saturated rings. The van der Waals surface area contributed by atoms with Crippen LogP contribution < -0.4 is 16.0 Å². The van der Waals surface area contributed by atoms with Gasteiger partial charge in [0, 0.05) is 56.1 Å². The Morgan fingerprint density at radius 3 is 2.57 bits per heavy atom. The van der Waals surface area contributed by atoms with Gasteiger partial charge in [-0.25, -0.2) is 0 Å². The van der Waals surface area contributed by atoms with Gasteiger partial charge < -0.3 is 35.2 Å². The molecule has 3 heterocycles. The topological polar surface area (TPSA) is 181 Å². The molecule has 2 aromatic carbocycles. The van der Waals surface area contributed by atoms with Crippen LogP contribution in [0.25, 0.3) is 0 Å². The molecule has 2 aromatic rings. The summed E-state index contributed by atoms with van der Waals surface area (Å²) in [5.74, 6) is -3.35. The van der Waals surface area contributed by atoms with Gasteiger partial charge in [-0.2, -0.15) is 4.99 Å². The molecular weight excluding hydrogens is 572 g/mol. The third kappa shape index (κ3) is 6.29. The predicted octanol–water partition coefficient (Wildman–Crippen LogP) is 0.542. The second-order valence-electron chi connectivity index (χ2n) is 10.7. The Morgan fingerprint density at radius 1 is 1.09 bits per heavy atom. The van der Waals surface area contributed by atoms with E-state index in [1.807, 2.05) is 0 Å². The largest absolute Gasteiger partial charge is 0.449 e. The number of likely N-dealkylation sites (N-methyl/N-ethyl adjacent to an activating group) is 1. The molecule has 3 aliphatic heterocycles. The first-order valence-electron chi connectivity index (χ1n) is 14.1. The number of hydrogen-bond acceptors (Lipinski definition) is 9. The average Bonchev–Trinajstić information content (AvgIpc) is 3.64. The molecule has 14 nitrogen and oxygen atoms in total. The van der Waals surface area contributed by atoms with Crippen LogP contribution in [-0.4, -0.2) is 103 Å². The predicted molar refractivity (Wildman–Crippen MR) is 157 cm³/mol. The first kappa shape index (κ1) is 30.4. The van der Waals surface area contributed by atoms with E-state index < -0.39 is 41.8 Å². The summed E-state index contributed by atoms with van der Waals surface area (Å²) in [7, 11) is 1.54. The van der Waals surface area contributed by atoms with Crippen molar-refractivity contribution in [3.05, 3.63) is 59.2 Å². The molecular formula is C30H32N6O8. The zero-order valence-corrected chi connectivity index (χ0v) is 24.3. The normalized spacial score (nSPS) is 18.4. The number of nitrogens with one attached hydrogen (secondary N) is 1. The molecule has 2 atom stereocenters. The van der Waals surface area contributed by atoms with Crippen molar-refractivity contribution in [3.63, 3.8) is 0 Å². The number of nitrogens with zero attached hydrogens (tertiary/aromatic N) is 4. The number of amides is 5. The molecule has 0 saturated carbocycles. The van der Waals surface area contributed by atoms with Crippen LogP contribution in [0.1, 0.15) is 46.0 Å². The van der Waals surface area contributed by atoms with Gasteiger partial charge in [0.2, 0.25) is 12.0 Å². The maximum atomic E-state index is 13.7. The summed E-state index contributed by atoms with van der Waals surface area (Å²) in [5, 5.41) is 2.57. The van der Waals surface area contributed by atoms with Crippen LogP contribution in [0.4, 0.5) is 11.4 Å². The Kier molecular flexibility index (Phi) is 8.71. The molecule has 0 radical (unpaired) electrons. The second kappa shape index (κ2) is 12.6. The van der Waals surface area contributed by atoms with Gasteiger partial charge in [0.05, 0.1) is 18.7 Å². The molecule has 14 heteroatoms. The number of esters is 1. The fourth-order valence-electron chi connectivity index (χ4n) is 5.34. The summed E-state index contributed by atoms with van der Waals surface area (Å²) in [4.78, 5) is 84.8. The van der Waals surface area contributed by atoms with Crippen LogP contribution in [0.3, 0.4) is 0 Å². The lowest BCUT2D eigenvalue weighted by Gasteiger charge is -2.35. The molecule has 230 valence electrons. The molecule has 2 unspecified atom stereocenters. The summed E-state index contributed by atoms with van der Waals surface area (Å²) in [6, 6.07) is 10.7. The smallest absolute Gasteiger partial charge is 0.303 e. The van der Waals surface area contributed by atoms with E-state index in [0.29, 0.717) is 24.3 Å². The number of benzene rings is 2. The Balaban J connectivity index is 1.31. The van der Waals surface area contributed by atoms with Gasteiger partial charge in [-0.15, -0.1) is 0 Å². The fraction of sp³-hybridized carbons (Fsp3) is 0.367. The van der Waals surface area contributed by atoms with Gasteiger partial charge in [-0.3, -0.25) is 28.8 Å². The Labute approximate surface area is 252 Å². The minimum atomic E-state index is -1.67. The maximum Gasteiger partial charge on any atom is 0.303 e. The van der Waals surface area contributed by atoms with Crippen molar-refractivity contribution in [2.45, 2.75) is 32.0 Å². The molecule has 5 amide bonds. The Bertz CT molecular complexity index is 1570.